The summed E-state index contributed by atoms with van der Waals surface area (Å²) in [5.74, 6) is -3.38. The molecule has 1 aromatic rings. The molecule has 9 N–H and O–H groups in total. The molecule has 41 heavy (non-hydrogen) atoms. The van der Waals surface area contributed by atoms with E-state index in [4.69, 9.17) is 22.9 Å². The van der Waals surface area contributed by atoms with Gasteiger partial charge >= 0.3 is 0 Å². The second kappa shape index (κ2) is 17.2. The predicted molar refractivity (Wildman–Crippen MR) is 161 cm³/mol. The van der Waals surface area contributed by atoms with Crippen molar-refractivity contribution in [3.8, 4) is 0 Å². The van der Waals surface area contributed by atoms with Crippen LogP contribution in [0.5, 0.6) is 0 Å². The van der Waals surface area contributed by atoms with Crippen molar-refractivity contribution < 1.29 is 24.0 Å². The Hall–Kier alpha value is -2.79. The number of carbonyl (C=O) groups is 5. The van der Waals surface area contributed by atoms with Gasteiger partial charge in [-0.05, 0) is 44.6 Å². The van der Waals surface area contributed by atoms with E-state index >= 15 is 0 Å². The van der Waals surface area contributed by atoms with Gasteiger partial charge in [-0.2, -0.15) is 0 Å². The second-order valence-electron chi connectivity index (χ2n) is 11.8. The third kappa shape index (κ3) is 11.9. The van der Waals surface area contributed by atoms with Gasteiger partial charge in [0.2, 0.25) is 29.0 Å². The van der Waals surface area contributed by atoms with Crippen LogP contribution in [-0.2, 0) is 30.4 Å². The standard InChI is InChI=1S/C31H51N5O5/c1-5-21(2)25(36-24(37)20-32)27(39)29(41)31(4,35)18-14-9-7-6-8-13-17-30(3,34)28(40)26(38)23(33)19-22-15-11-10-12-16-22/h10-12,15-16,21,23,25H,5-9,13-14,17-20,32-35H2,1-4H3,(H,36,37)/t21-,23-,25?,30-,31-/m0/s1. The van der Waals surface area contributed by atoms with Gasteiger partial charge in [0.05, 0.1) is 29.7 Å². The van der Waals surface area contributed by atoms with Crippen molar-refractivity contribution in [1.82, 2.24) is 5.32 Å². The van der Waals surface area contributed by atoms with Crippen LogP contribution in [-0.4, -0.2) is 58.7 Å². The fraction of sp³-hybridized carbons (Fsp3) is 0.645. The number of nitrogens with one attached hydrogen (secondary N) is 1. The van der Waals surface area contributed by atoms with Crippen LogP contribution in [0.3, 0.4) is 0 Å². The zero-order chi connectivity index (χ0) is 31.2. The Morgan fingerprint density at radius 3 is 1.73 bits per heavy atom. The molecule has 0 heterocycles. The van der Waals surface area contributed by atoms with Gasteiger partial charge in [0.1, 0.15) is 0 Å². The van der Waals surface area contributed by atoms with Crippen molar-refractivity contribution >= 4 is 29.0 Å². The summed E-state index contributed by atoms with van der Waals surface area (Å²) in [6, 6.07) is 7.44. The Bertz CT molecular complexity index is 1020. The summed E-state index contributed by atoms with van der Waals surface area (Å²) in [5.41, 5.74) is 22.1. The molecule has 1 aromatic carbocycles. The number of benzene rings is 1. The molecule has 0 fully saturated rings. The van der Waals surface area contributed by atoms with Crippen molar-refractivity contribution in [2.24, 2.45) is 28.9 Å². The molecule has 0 aromatic heterocycles. The molecule has 230 valence electrons. The number of rotatable bonds is 21. The van der Waals surface area contributed by atoms with Crippen LogP contribution in [0.1, 0.15) is 91.0 Å². The maximum absolute atomic E-state index is 12.9. The van der Waals surface area contributed by atoms with E-state index in [1.807, 2.05) is 37.3 Å². The minimum atomic E-state index is -1.33. The van der Waals surface area contributed by atoms with E-state index in [-0.39, 0.29) is 18.9 Å². The lowest BCUT2D eigenvalue weighted by atomic mass is 9.83. The fourth-order valence-electron chi connectivity index (χ4n) is 4.69. The lowest BCUT2D eigenvalue weighted by Crippen LogP contribution is -2.56. The number of hydrogen-bond acceptors (Lipinski definition) is 9. The summed E-state index contributed by atoms with van der Waals surface area (Å²) in [5, 5.41) is 2.56. The highest BCUT2D eigenvalue weighted by molar-refractivity contribution is 6.42. The molecule has 10 nitrogen and oxygen atoms in total. The van der Waals surface area contributed by atoms with Crippen molar-refractivity contribution in [3.63, 3.8) is 0 Å². The van der Waals surface area contributed by atoms with Crippen molar-refractivity contribution in [2.75, 3.05) is 6.54 Å². The van der Waals surface area contributed by atoms with Gasteiger partial charge < -0.3 is 28.3 Å². The molecule has 0 radical (unpaired) electrons. The molecule has 0 aliphatic carbocycles. The highest BCUT2D eigenvalue weighted by Gasteiger charge is 2.39. The summed E-state index contributed by atoms with van der Waals surface area (Å²) in [4.78, 5) is 62.9. The lowest BCUT2D eigenvalue weighted by molar-refractivity contribution is -0.142. The SMILES string of the molecule is CC[C@H](C)C(NC(=O)CN)C(=O)C(=O)[C@@](C)(N)CCCCCCCC[C@](C)(N)C(=O)C(=O)[C@@H](N)Cc1ccccc1. The fourth-order valence-corrected chi connectivity index (χ4v) is 4.69. The Morgan fingerprint density at radius 2 is 1.27 bits per heavy atom. The molecule has 0 saturated heterocycles. The molecule has 1 rings (SSSR count). The van der Waals surface area contributed by atoms with Crippen LogP contribution < -0.4 is 28.3 Å². The Labute approximate surface area is 244 Å². The number of nitrogens with two attached hydrogens (primary N) is 4. The van der Waals surface area contributed by atoms with Crippen LogP contribution in [0, 0.1) is 5.92 Å². The highest BCUT2D eigenvalue weighted by Crippen LogP contribution is 2.20. The summed E-state index contributed by atoms with van der Waals surface area (Å²) in [7, 11) is 0. The van der Waals surface area contributed by atoms with Gasteiger partial charge in [0.15, 0.2) is 0 Å². The maximum atomic E-state index is 12.9. The molecule has 0 bridgehead atoms. The van der Waals surface area contributed by atoms with E-state index in [1.54, 1.807) is 20.8 Å². The summed E-state index contributed by atoms with van der Waals surface area (Å²) >= 11 is 0. The first-order valence-electron chi connectivity index (χ1n) is 14.7. The van der Waals surface area contributed by atoms with Gasteiger partial charge in [-0.15, -0.1) is 0 Å². The molecule has 1 unspecified atom stereocenters. The second-order valence-corrected chi connectivity index (χ2v) is 11.8. The summed E-state index contributed by atoms with van der Waals surface area (Å²) < 4.78 is 0. The number of unbranched alkanes of at least 4 members (excludes halogenated alkanes) is 5. The third-order valence-electron chi connectivity index (χ3n) is 7.76. The van der Waals surface area contributed by atoms with E-state index in [2.05, 4.69) is 5.32 Å². The topological polar surface area (TPSA) is 201 Å². The largest absolute Gasteiger partial charge is 0.344 e. The van der Waals surface area contributed by atoms with Gasteiger partial charge in [-0.3, -0.25) is 24.0 Å². The van der Waals surface area contributed by atoms with Crippen molar-refractivity contribution in [2.45, 2.75) is 115 Å². The average molecular weight is 574 g/mol. The molecule has 5 atom stereocenters. The van der Waals surface area contributed by atoms with Crippen LogP contribution in [0.15, 0.2) is 30.3 Å². The van der Waals surface area contributed by atoms with Crippen LogP contribution >= 0.6 is 0 Å². The normalized spacial score (nSPS) is 16.5. The van der Waals surface area contributed by atoms with Gasteiger partial charge in [0, 0.05) is 0 Å². The van der Waals surface area contributed by atoms with Crippen molar-refractivity contribution in [1.29, 1.82) is 0 Å². The zero-order valence-electron chi connectivity index (χ0n) is 25.2. The Kier molecular flexibility index (Phi) is 15.2. The number of hydrogen-bond donors (Lipinski definition) is 5. The van der Waals surface area contributed by atoms with E-state index in [0.717, 1.165) is 31.2 Å². The summed E-state index contributed by atoms with van der Waals surface area (Å²) in [6.45, 7) is 6.53. The first kappa shape index (κ1) is 36.2. The van der Waals surface area contributed by atoms with E-state index in [1.165, 1.54) is 0 Å². The van der Waals surface area contributed by atoms with E-state index in [0.29, 0.717) is 32.1 Å². The van der Waals surface area contributed by atoms with Crippen LogP contribution in [0.2, 0.25) is 0 Å². The smallest absolute Gasteiger partial charge is 0.234 e. The summed E-state index contributed by atoms with van der Waals surface area (Å²) in [6.07, 6.45) is 6.39. The molecule has 0 saturated carbocycles. The molecule has 0 spiro atoms. The van der Waals surface area contributed by atoms with Crippen LogP contribution in [0.4, 0.5) is 0 Å². The number of ketones is 4. The molecule has 0 aliphatic rings. The van der Waals surface area contributed by atoms with Gasteiger partial charge in [-0.25, -0.2) is 0 Å². The first-order valence-corrected chi connectivity index (χ1v) is 14.7. The molecule has 10 heteroatoms. The average Bonchev–Trinajstić information content (AvgIpc) is 2.95. The predicted octanol–water partition coefficient (Wildman–Crippen LogP) is 1.88. The molecule has 0 aliphatic heterocycles. The van der Waals surface area contributed by atoms with Crippen LogP contribution in [0.25, 0.3) is 0 Å². The molecular weight excluding hydrogens is 522 g/mol. The lowest BCUT2D eigenvalue weighted by Gasteiger charge is -2.27. The number of amides is 1. The number of carbonyl (C=O) groups excluding carboxylic acids is 5. The minimum absolute atomic E-state index is 0.229. The molecular formula is C31H51N5O5. The maximum Gasteiger partial charge on any atom is 0.234 e. The first-order chi connectivity index (χ1) is 19.2. The third-order valence-corrected chi connectivity index (χ3v) is 7.76. The highest BCUT2D eigenvalue weighted by atomic mass is 16.2. The Morgan fingerprint density at radius 1 is 0.805 bits per heavy atom. The van der Waals surface area contributed by atoms with Gasteiger partial charge in [-0.1, -0.05) is 89.1 Å². The number of Topliss-reactive ketones (excluding diaryl/α,β-unsaturated/α-hetero) is 4. The van der Waals surface area contributed by atoms with Gasteiger partial charge in [0.25, 0.3) is 0 Å². The van der Waals surface area contributed by atoms with E-state index in [9.17, 15) is 24.0 Å². The zero-order valence-corrected chi connectivity index (χ0v) is 25.2. The minimum Gasteiger partial charge on any atom is -0.344 e. The quantitative estimate of drug-likeness (QED) is 0.107. The monoisotopic (exact) mass is 573 g/mol. The molecule has 1 amide bonds. The Balaban J connectivity index is 2.42. The van der Waals surface area contributed by atoms with E-state index < -0.39 is 52.2 Å². The van der Waals surface area contributed by atoms with Crippen molar-refractivity contribution in [3.05, 3.63) is 35.9 Å².